The molecule has 0 N–H and O–H groups in total. The molecule has 0 saturated carbocycles. The summed E-state index contributed by atoms with van der Waals surface area (Å²) in [6.07, 6.45) is 21.6. The monoisotopic (exact) mass is 798 g/mol. The van der Waals surface area contributed by atoms with E-state index in [0.29, 0.717) is 5.92 Å². The van der Waals surface area contributed by atoms with E-state index in [0.717, 1.165) is 32.1 Å². The Hall–Kier alpha value is -7.42. The SMILES string of the molecule is C1=CC(c2ccccc2)CC=C1N(C1=CC=C(C2=CC=C(N(c3ccc(-c4ccccc4)cc3)c3ccc(-c4ccccc4)cc3)CC2)CC1)c1ccc(-c2ccccc2)cc1. The molecule has 0 aliphatic heterocycles. The van der Waals surface area contributed by atoms with Gasteiger partial charge in [0.15, 0.2) is 0 Å². The van der Waals surface area contributed by atoms with Crippen molar-refractivity contribution in [3.8, 4) is 33.4 Å². The van der Waals surface area contributed by atoms with Crippen molar-refractivity contribution in [3.63, 3.8) is 0 Å². The lowest BCUT2D eigenvalue weighted by Gasteiger charge is -2.33. The second-order valence-electron chi connectivity index (χ2n) is 16.4. The molecule has 0 amide bonds. The highest BCUT2D eigenvalue weighted by atomic mass is 15.2. The molecule has 300 valence electrons. The average molecular weight is 799 g/mol. The summed E-state index contributed by atoms with van der Waals surface area (Å²) in [7, 11) is 0. The van der Waals surface area contributed by atoms with Crippen LogP contribution in [0, 0.1) is 0 Å². The van der Waals surface area contributed by atoms with Gasteiger partial charge in [-0.25, -0.2) is 0 Å². The zero-order chi connectivity index (χ0) is 41.5. The van der Waals surface area contributed by atoms with Gasteiger partial charge in [0.1, 0.15) is 0 Å². The van der Waals surface area contributed by atoms with E-state index in [1.54, 1.807) is 0 Å². The molecular formula is C60H50N2. The number of hydrogen-bond acceptors (Lipinski definition) is 2. The number of allylic oxidation sites excluding steroid dienone is 11. The Balaban J connectivity index is 0.938. The molecule has 3 aliphatic carbocycles. The maximum atomic E-state index is 2.48. The fourth-order valence-electron chi connectivity index (χ4n) is 9.14. The molecule has 1 unspecified atom stereocenters. The van der Waals surface area contributed by atoms with Crippen molar-refractivity contribution in [1.82, 2.24) is 0 Å². The van der Waals surface area contributed by atoms with Crippen molar-refractivity contribution in [2.24, 2.45) is 0 Å². The molecule has 62 heavy (non-hydrogen) atoms. The molecule has 0 heterocycles. The lowest BCUT2D eigenvalue weighted by Crippen LogP contribution is -2.23. The molecular weight excluding hydrogens is 749 g/mol. The molecule has 7 aromatic carbocycles. The molecule has 7 aromatic rings. The van der Waals surface area contributed by atoms with E-state index in [4.69, 9.17) is 0 Å². The Bertz CT molecular complexity index is 2730. The highest BCUT2D eigenvalue weighted by Crippen LogP contribution is 2.41. The van der Waals surface area contributed by atoms with Crippen molar-refractivity contribution in [2.45, 2.75) is 38.0 Å². The molecule has 0 bridgehead atoms. The predicted octanol–water partition coefficient (Wildman–Crippen LogP) is 16.2. The second kappa shape index (κ2) is 18.1. The fourth-order valence-corrected chi connectivity index (χ4v) is 9.14. The van der Waals surface area contributed by atoms with Crippen molar-refractivity contribution >= 4 is 17.1 Å². The van der Waals surface area contributed by atoms with Gasteiger partial charge in [0.25, 0.3) is 0 Å². The zero-order valence-electron chi connectivity index (χ0n) is 35.0. The maximum absolute atomic E-state index is 2.48. The van der Waals surface area contributed by atoms with Crippen LogP contribution in [0.2, 0.25) is 0 Å². The number of anilines is 3. The summed E-state index contributed by atoms with van der Waals surface area (Å²) in [5.74, 6) is 0.392. The van der Waals surface area contributed by atoms with Crippen LogP contribution < -0.4 is 9.80 Å². The molecule has 0 fully saturated rings. The summed E-state index contributed by atoms with van der Waals surface area (Å²) >= 11 is 0. The first-order chi connectivity index (χ1) is 30.7. The minimum Gasteiger partial charge on any atom is -0.315 e. The molecule has 0 radical (unpaired) electrons. The summed E-state index contributed by atoms with van der Waals surface area (Å²) in [5.41, 5.74) is 19.0. The lowest BCUT2D eigenvalue weighted by molar-refractivity contribution is 0.808. The molecule has 2 heteroatoms. The van der Waals surface area contributed by atoms with Crippen LogP contribution in [0.1, 0.15) is 43.6 Å². The van der Waals surface area contributed by atoms with Gasteiger partial charge in [-0.2, -0.15) is 0 Å². The van der Waals surface area contributed by atoms with Gasteiger partial charge in [-0.05, 0) is 137 Å². The minimum absolute atomic E-state index is 0.392. The quantitative estimate of drug-likeness (QED) is 0.129. The highest BCUT2D eigenvalue weighted by molar-refractivity contribution is 5.76. The van der Waals surface area contributed by atoms with Crippen LogP contribution in [0.3, 0.4) is 0 Å². The third-order valence-electron chi connectivity index (χ3n) is 12.5. The van der Waals surface area contributed by atoms with E-state index in [2.05, 4.69) is 246 Å². The number of benzene rings is 7. The lowest BCUT2D eigenvalue weighted by atomic mass is 9.88. The standard InChI is InChI=1S/C60H50N2/c1-5-13-45(14-6-1)49-21-33-55(34-22-49)61(56-35-23-50(24-36-56)46-15-7-2-8-16-46)59-41-29-53(30-42-59)54-31-43-60(44-32-54)62(57-37-25-51(26-38-57)47-17-9-3-10-18-47)58-39-27-52(28-40-58)48-19-11-4-12-20-48/h1-27,29,31,33-41,43,52H,28,30,32,42,44H2. The van der Waals surface area contributed by atoms with Gasteiger partial charge in [0.2, 0.25) is 0 Å². The van der Waals surface area contributed by atoms with E-state index >= 15 is 0 Å². The average Bonchev–Trinajstić information content (AvgIpc) is 3.36. The van der Waals surface area contributed by atoms with Crippen molar-refractivity contribution in [1.29, 1.82) is 0 Å². The highest BCUT2D eigenvalue weighted by Gasteiger charge is 2.24. The molecule has 0 spiro atoms. The fraction of sp³-hybridized carbons (Fsp3) is 0.100. The van der Waals surface area contributed by atoms with Gasteiger partial charge >= 0.3 is 0 Å². The minimum atomic E-state index is 0.392. The van der Waals surface area contributed by atoms with E-state index < -0.39 is 0 Å². The Morgan fingerprint density at radius 3 is 1.08 bits per heavy atom. The Morgan fingerprint density at radius 2 is 0.710 bits per heavy atom. The largest absolute Gasteiger partial charge is 0.315 e. The first kappa shape index (κ1) is 38.8. The topological polar surface area (TPSA) is 6.48 Å². The molecule has 1 atom stereocenters. The predicted molar refractivity (Wildman–Crippen MR) is 262 cm³/mol. The van der Waals surface area contributed by atoms with Gasteiger partial charge in [0.05, 0.1) is 0 Å². The zero-order valence-corrected chi connectivity index (χ0v) is 35.0. The van der Waals surface area contributed by atoms with Gasteiger partial charge < -0.3 is 9.80 Å². The van der Waals surface area contributed by atoms with Gasteiger partial charge in [0, 0.05) is 40.1 Å². The van der Waals surface area contributed by atoms with E-state index in [1.165, 1.54) is 84.2 Å². The van der Waals surface area contributed by atoms with Crippen LogP contribution in [-0.4, -0.2) is 0 Å². The Labute approximate surface area is 367 Å². The van der Waals surface area contributed by atoms with E-state index in [-0.39, 0.29) is 0 Å². The van der Waals surface area contributed by atoms with Crippen molar-refractivity contribution < 1.29 is 0 Å². The van der Waals surface area contributed by atoms with Crippen LogP contribution in [0.4, 0.5) is 17.1 Å². The van der Waals surface area contributed by atoms with E-state index in [9.17, 15) is 0 Å². The summed E-state index contributed by atoms with van der Waals surface area (Å²) < 4.78 is 0. The third-order valence-corrected chi connectivity index (χ3v) is 12.5. The van der Waals surface area contributed by atoms with Gasteiger partial charge in [-0.1, -0.05) is 182 Å². The van der Waals surface area contributed by atoms with Crippen LogP contribution in [-0.2, 0) is 0 Å². The number of nitrogens with zero attached hydrogens (tertiary/aromatic N) is 2. The second-order valence-corrected chi connectivity index (χ2v) is 16.4. The van der Waals surface area contributed by atoms with Crippen LogP contribution in [0.25, 0.3) is 33.4 Å². The molecule has 0 aromatic heterocycles. The molecule has 0 saturated heterocycles. The smallest absolute Gasteiger partial charge is 0.0458 e. The van der Waals surface area contributed by atoms with E-state index in [1.807, 2.05) is 0 Å². The number of rotatable bonds is 11. The first-order valence-electron chi connectivity index (χ1n) is 22.0. The van der Waals surface area contributed by atoms with Crippen LogP contribution in [0.5, 0.6) is 0 Å². The molecule has 2 nitrogen and oxygen atoms in total. The molecule has 3 aliphatic rings. The Kier molecular flexibility index (Phi) is 11.3. The summed E-state index contributed by atoms with van der Waals surface area (Å²) in [6, 6.07) is 69.9. The van der Waals surface area contributed by atoms with Gasteiger partial charge in [-0.15, -0.1) is 0 Å². The van der Waals surface area contributed by atoms with Crippen molar-refractivity contribution in [3.05, 3.63) is 270 Å². The normalized spacial score (nSPS) is 16.0. The van der Waals surface area contributed by atoms with Crippen LogP contribution >= 0.6 is 0 Å². The van der Waals surface area contributed by atoms with Crippen molar-refractivity contribution in [2.75, 3.05) is 9.80 Å². The van der Waals surface area contributed by atoms with Crippen LogP contribution in [0.15, 0.2) is 265 Å². The number of hydrogen-bond donors (Lipinski definition) is 0. The third kappa shape index (κ3) is 8.46. The summed E-state index contributed by atoms with van der Waals surface area (Å²) in [6.45, 7) is 0. The summed E-state index contributed by atoms with van der Waals surface area (Å²) in [5, 5.41) is 0. The van der Waals surface area contributed by atoms with Gasteiger partial charge in [-0.3, -0.25) is 0 Å². The summed E-state index contributed by atoms with van der Waals surface area (Å²) in [4.78, 5) is 4.93. The maximum Gasteiger partial charge on any atom is 0.0458 e. The Morgan fingerprint density at radius 1 is 0.339 bits per heavy atom. The molecule has 10 rings (SSSR count). The first-order valence-corrected chi connectivity index (χ1v) is 22.0.